The minimum atomic E-state index is -0.153. The van der Waals surface area contributed by atoms with E-state index >= 15 is 0 Å². The minimum absolute atomic E-state index is 0.0190. The van der Waals surface area contributed by atoms with Crippen molar-refractivity contribution in [3.05, 3.63) is 11.6 Å². The Morgan fingerprint density at radius 2 is 1.59 bits per heavy atom. The van der Waals surface area contributed by atoms with Gasteiger partial charge in [0.15, 0.2) is 0 Å². The summed E-state index contributed by atoms with van der Waals surface area (Å²) in [4.78, 5) is 0. The van der Waals surface area contributed by atoms with Crippen LogP contribution >= 0.6 is 0 Å². The summed E-state index contributed by atoms with van der Waals surface area (Å²) in [6, 6.07) is 0. The van der Waals surface area contributed by atoms with Gasteiger partial charge in [-0.1, -0.05) is 60.1 Å². The molecule has 0 aromatic heterocycles. The average molecular weight is 443 g/mol. The molecule has 32 heavy (non-hydrogen) atoms. The summed E-state index contributed by atoms with van der Waals surface area (Å²) < 4.78 is 0. The maximum atomic E-state index is 10.9. The van der Waals surface area contributed by atoms with E-state index in [1.807, 2.05) is 0 Å². The van der Waals surface area contributed by atoms with Crippen molar-refractivity contribution in [1.29, 1.82) is 0 Å². The number of aliphatic hydroxyl groups excluding tert-OH is 2. The van der Waals surface area contributed by atoms with E-state index in [0.29, 0.717) is 41.1 Å². The van der Waals surface area contributed by atoms with E-state index in [-0.39, 0.29) is 22.3 Å². The topological polar surface area (TPSA) is 40.5 Å². The van der Waals surface area contributed by atoms with Crippen molar-refractivity contribution in [2.24, 2.45) is 56.7 Å². The fourth-order valence-electron chi connectivity index (χ4n) is 10.9. The van der Waals surface area contributed by atoms with E-state index < -0.39 is 0 Å². The zero-order valence-corrected chi connectivity index (χ0v) is 22.0. The standard InChI is InChI=1S/C30H50O2/c1-19-10-15-30(18-31)17-16-28(6)21(25(30)20(19)2)8-9-23-27(5)13-12-24(32)26(3,4)22(27)11-14-29(23,28)7/h8,19-20,22-25,31-32H,9-18H2,1-7H3/t19-,20+,22+,23-,24?,25+,27+,28-,29-,30-/m1/s1. The third kappa shape index (κ3) is 2.66. The lowest BCUT2D eigenvalue weighted by atomic mass is 9.33. The van der Waals surface area contributed by atoms with Crippen LogP contribution in [-0.4, -0.2) is 22.9 Å². The van der Waals surface area contributed by atoms with Crippen LogP contribution in [0.5, 0.6) is 0 Å². The first-order valence-electron chi connectivity index (χ1n) is 13.9. The molecule has 5 aliphatic carbocycles. The molecule has 2 nitrogen and oxygen atoms in total. The molecule has 0 spiro atoms. The first kappa shape index (κ1) is 23.4. The minimum Gasteiger partial charge on any atom is -0.396 e. The molecule has 0 radical (unpaired) electrons. The van der Waals surface area contributed by atoms with Crippen LogP contribution in [0.2, 0.25) is 0 Å². The summed E-state index contributed by atoms with van der Waals surface area (Å²) in [7, 11) is 0. The Morgan fingerprint density at radius 3 is 2.28 bits per heavy atom. The molecular weight excluding hydrogens is 392 g/mol. The van der Waals surface area contributed by atoms with Gasteiger partial charge in [-0.25, -0.2) is 0 Å². The molecular formula is C30H50O2. The third-order valence-electron chi connectivity index (χ3n) is 13.5. The third-order valence-corrected chi connectivity index (χ3v) is 13.5. The summed E-state index contributed by atoms with van der Waals surface area (Å²) in [6.07, 6.45) is 13.4. The molecule has 0 aromatic carbocycles. The first-order chi connectivity index (χ1) is 14.9. The summed E-state index contributed by atoms with van der Waals surface area (Å²) >= 11 is 0. The van der Waals surface area contributed by atoms with Gasteiger partial charge in [0.1, 0.15) is 0 Å². The molecule has 4 saturated carbocycles. The predicted molar refractivity (Wildman–Crippen MR) is 132 cm³/mol. The average Bonchev–Trinajstić information content (AvgIpc) is 2.74. The fraction of sp³-hybridized carbons (Fsp3) is 0.933. The van der Waals surface area contributed by atoms with Crippen molar-refractivity contribution in [2.75, 3.05) is 6.61 Å². The Morgan fingerprint density at radius 1 is 0.875 bits per heavy atom. The normalized spacial score (nSPS) is 56.8. The van der Waals surface area contributed by atoms with Gasteiger partial charge in [-0.15, -0.1) is 0 Å². The van der Waals surface area contributed by atoms with Crippen LogP contribution in [0.25, 0.3) is 0 Å². The molecule has 1 unspecified atom stereocenters. The van der Waals surface area contributed by atoms with Crippen molar-refractivity contribution in [1.82, 2.24) is 0 Å². The highest BCUT2D eigenvalue weighted by molar-refractivity contribution is 5.34. The highest BCUT2D eigenvalue weighted by atomic mass is 16.3. The van der Waals surface area contributed by atoms with E-state index in [2.05, 4.69) is 54.5 Å². The van der Waals surface area contributed by atoms with E-state index in [4.69, 9.17) is 0 Å². The summed E-state index contributed by atoms with van der Waals surface area (Å²) in [5.74, 6) is 3.29. The SMILES string of the molecule is C[C@H]1[C@H](C)CC[C@]2(CO)CC[C@]3(C)C(=CC[C@@H]4[C@@]5(C)CCC(O)C(C)(C)[C@@H]5CC[C@]43C)[C@H]12. The summed E-state index contributed by atoms with van der Waals surface area (Å²) in [5.41, 5.74) is 2.77. The van der Waals surface area contributed by atoms with Gasteiger partial charge in [-0.2, -0.15) is 0 Å². The molecule has 10 atom stereocenters. The Bertz CT molecular complexity index is 799. The molecule has 2 heteroatoms. The van der Waals surface area contributed by atoms with Crippen LogP contribution in [0.4, 0.5) is 0 Å². The maximum Gasteiger partial charge on any atom is 0.0594 e. The highest BCUT2D eigenvalue weighted by Crippen LogP contribution is 2.75. The zero-order valence-electron chi connectivity index (χ0n) is 22.0. The fourth-order valence-corrected chi connectivity index (χ4v) is 10.9. The summed E-state index contributed by atoms with van der Waals surface area (Å²) in [5, 5.41) is 21.6. The van der Waals surface area contributed by atoms with Gasteiger partial charge in [0.05, 0.1) is 6.10 Å². The van der Waals surface area contributed by atoms with Crippen LogP contribution < -0.4 is 0 Å². The van der Waals surface area contributed by atoms with E-state index in [9.17, 15) is 10.2 Å². The second kappa shape index (κ2) is 7.09. The second-order valence-corrected chi connectivity index (χ2v) is 14.5. The number of rotatable bonds is 1. The molecule has 0 saturated heterocycles. The maximum absolute atomic E-state index is 10.9. The molecule has 182 valence electrons. The second-order valence-electron chi connectivity index (χ2n) is 14.5. The quantitative estimate of drug-likeness (QED) is 0.429. The van der Waals surface area contributed by atoms with Crippen molar-refractivity contribution in [3.63, 3.8) is 0 Å². The highest BCUT2D eigenvalue weighted by Gasteiger charge is 2.68. The van der Waals surface area contributed by atoms with Crippen LogP contribution in [-0.2, 0) is 0 Å². The van der Waals surface area contributed by atoms with Gasteiger partial charge >= 0.3 is 0 Å². The number of allylic oxidation sites excluding steroid dienone is 2. The largest absolute Gasteiger partial charge is 0.396 e. The zero-order chi connectivity index (χ0) is 23.3. The van der Waals surface area contributed by atoms with E-state index in [1.54, 1.807) is 5.57 Å². The van der Waals surface area contributed by atoms with Crippen LogP contribution in [0.15, 0.2) is 11.6 Å². The van der Waals surface area contributed by atoms with Gasteiger partial charge in [-0.3, -0.25) is 0 Å². The van der Waals surface area contributed by atoms with E-state index in [1.165, 1.54) is 51.4 Å². The van der Waals surface area contributed by atoms with Crippen molar-refractivity contribution in [3.8, 4) is 0 Å². The molecule has 2 N–H and O–H groups in total. The van der Waals surface area contributed by atoms with Gasteiger partial charge in [0.25, 0.3) is 0 Å². The lowest BCUT2D eigenvalue weighted by Gasteiger charge is -2.71. The van der Waals surface area contributed by atoms with Crippen LogP contribution in [0, 0.1) is 56.7 Å². The molecule has 0 heterocycles. The van der Waals surface area contributed by atoms with Gasteiger partial charge in [0.2, 0.25) is 0 Å². The molecule has 5 rings (SSSR count). The van der Waals surface area contributed by atoms with Crippen molar-refractivity contribution >= 4 is 0 Å². The lowest BCUT2D eigenvalue weighted by Crippen LogP contribution is -2.65. The molecule has 0 aromatic rings. The van der Waals surface area contributed by atoms with Crippen molar-refractivity contribution < 1.29 is 10.2 Å². The van der Waals surface area contributed by atoms with Gasteiger partial charge in [-0.05, 0) is 109 Å². The Labute approximate surface area is 197 Å². The van der Waals surface area contributed by atoms with Gasteiger partial charge in [0, 0.05) is 12.0 Å². The van der Waals surface area contributed by atoms with Crippen LogP contribution in [0.3, 0.4) is 0 Å². The number of hydrogen-bond acceptors (Lipinski definition) is 2. The van der Waals surface area contributed by atoms with E-state index in [0.717, 1.165) is 12.3 Å². The van der Waals surface area contributed by atoms with Gasteiger partial charge < -0.3 is 10.2 Å². The Hall–Kier alpha value is -0.340. The first-order valence-corrected chi connectivity index (χ1v) is 13.9. The summed E-state index contributed by atoms with van der Waals surface area (Å²) in [6.45, 7) is 17.9. The predicted octanol–water partition coefficient (Wildman–Crippen LogP) is 7.00. The number of hydrogen-bond donors (Lipinski definition) is 2. The Kier molecular flexibility index (Phi) is 5.19. The Balaban J connectivity index is 1.59. The molecule has 0 aliphatic heterocycles. The lowest BCUT2D eigenvalue weighted by molar-refractivity contribution is -0.205. The molecule has 0 bridgehead atoms. The monoisotopic (exact) mass is 442 g/mol. The molecule has 0 amide bonds. The number of aliphatic hydroxyl groups is 2. The van der Waals surface area contributed by atoms with Crippen molar-refractivity contribution in [2.45, 2.75) is 112 Å². The number of fused-ring (bicyclic) bond motifs is 7. The molecule has 5 aliphatic rings. The molecule has 4 fully saturated rings. The van der Waals surface area contributed by atoms with Crippen LogP contribution in [0.1, 0.15) is 106 Å². The smallest absolute Gasteiger partial charge is 0.0594 e.